The summed E-state index contributed by atoms with van der Waals surface area (Å²) in [6.07, 6.45) is 0.779. The van der Waals surface area contributed by atoms with Gasteiger partial charge in [0.2, 0.25) is 5.91 Å². The van der Waals surface area contributed by atoms with Crippen molar-refractivity contribution in [3.63, 3.8) is 0 Å². The smallest absolute Gasteiger partial charge is 0.338 e. The number of rotatable bonds is 9. The molecular weight excluding hydrogens is 638 g/mol. The fraction of sp³-hybridized carbons (Fsp3) is 0.129. The molecule has 4 rings (SSSR count). The fourth-order valence-electron chi connectivity index (χ4n) is 4.28. The molecular formula is C31H24Cl4N2O4S. The number of carbonyl (C=O) groups excluding carboxylic acids is 2. The van der Waals surface area contributed by atoms with Gasteiger partial charge in [-0.1, -0.05) is 102 Å². The first-order chi connectivity index (χ1) is 20.0. The first-order valence-electron chi connectivity index (χ1n) is 12.6. The Kier molecular flexibility index (Phi) is 10.5. The van der Waals surface area contributed by atoms with E-state index in [1.165, 1.54) is 11.8 Å². The maximum absolute atomic E-state index is 13.6. The summed E-state index contributed by atoms with van der Waals surface area (Å²) in [6, 6.07) is 22.1. The van der Waals surface area contributed by atoms with Crippen molar-refractivity contribution in [2.45, 2.75) is 30.4 Å². The Morgan fingerprint density at radius 3 is 2.00 bits per heavy atom. The summed E-state index contributed by atoms with van der Waals surface area (Å²) in [4.78, 5) is 39.3. The van der Waals surface area contributed by atoms with Gasteiger partial charge in [0.05, 0.1) is 31.2 Å². The second-order valence-corrected chi connectivity index (χ2v) is 11.8. The summed E-state index contributed by atoms with van der Waals surface area (Å²) < 4.78 is 0. The van der Waals surface area contributed by atoms with Gasteiger partial charge < -0.3 is 15.7 Å². The summed E-state index contributed by atoms with van der Waals surface area (Å²) >= 11 is 25.7. The number of thioether (sulfide) groups is 1. The highest BCUT2D eigenvalue weighted by molar-refractivity contribution is 8.00. The minimum Gasteiger partial charge on any atom is -0.478 e. The van der Waals surface area contributed by atoms with Crippen LogP contribution in [0.25, 0.3) is 0 Å². The van der Waals surface area contributed by atoms with Crippen LogP contribution >= 0.6 is 58.2 Å². The molecule has 4 aromatic rings. The Hall–Kier alpha value is -3.20. The third-order valence-corrected chi connectivity index (χ3v) is 9.47. The topological polar surface area (TPSA) is 95.5 Å². The summed E-state index contributed by atoms with van der Waals surface area (Å²) in [6.45, 7) is 4.01. The largest absolute Gasteiger partial charge is 0.478 e. The molecule has 0 bridgehead atoms. The molecule has 0 spiro atoms. The van der Waals surface area contributed by atoms with Crippen molar-refractivity contribution in [2.75, 3.05) is 10.6 Å². The highest BCUT2D eigenvalue weighted by Gasteiger charge is 2.29. The van der Waals surface area contributed by atoms with Crippen molar-refractivity contribution < 1.29 is 19.5 Å². The number of nitrogens with one attached hydrogen (secondary N) is 2. The average molecular weight is 662 g/mol. The predicted octanol–water partition coefficient (Wildman–Crippen LogP) is 9.59. The maximum atomic E-state index is 13.6. The molecule has 6 nitrogen and oxygen atoms in total. The number of amides is 2. The Balaban J connectivity index is 1.58. The lowest BCUT2D eigenvalue weighted by Gasteiger charge is -2.20. The van der Waals surface area contributed by atoms with E-state index in [1.807, 2.05) is 62.4 Å². The summed E-state index contributed by atoms with van der Waals surface area (Å²) in [7, 11) is 0. The number of carboxylic acids is 1. The van der Waals surface area contributed by atoms with Gasteiger partial charge >= 0.3 is 5.97 Å². The third-order valence-electron chi connectivity index (χ3n) is 6.40. The van der Waals surface area contributed by atoms with Gasteiger partial charge in [0.15, 0.2) is 0 Å². The highest BCUT2D eigenvalue weighted by Crippen LogP contribution is 2.42. The Bertz CT molecular complexity index is 1660. The molecule has 0 aliphatic carbocycles. The standard InChI is InChI=1S/C31H24Cl4N2O4S/c1-3-17-11-7-8-16(2)27(17)37-30(39)28(18-9-5-4-6-10-18)42-20-14-12-19(13-15-20)36-29(38)21-22(31(40)41)24(33)26(35)25(34)23(21)32/h4-15,28H,3H2,1-2H3,(H,36,38)(H,37,39)(H,40,41). The SMILES string of the molecule is CCc1cccc(C)c1NC(=O)C(Sc1ccc(NC(=O)c2c(Cl)c(Cl)c(Cl)c(Cl)c2C(=O)O)cc1)c1ccccc1. The Morgan fingerprint density at radius 1 is 0.786 bits per heavy atom. The van der Waals surface area contributed by atoms with Crippen LogP contribution in [-0.4, -0.2) is 22.9 Å². The van der Waals surface area contributed by atoms with Crippen LogP contribution in [0.5, 0.6) is 0 Å². The number of carbonyl (C=O) groups is 3. The quantitative estimate of drug-likeness (QED) is 0.0943. The van der Waals surface area contributed by atoms with E-state index < -0.39 is 33.3 Å². The molecule has 1 atom stereocenters. The van der Waals surface area contributed by atoms with Crippen molar-refractivity contribution in [3.8, 4) is 0 Å². The molecule has 0 aromatic heterocycles. The lowest BCUT2D eigenvalue weighted by Crippen LogP contribution is -2.20. The van der Waals surface area contributed by atoms with Crippen LogP contribution < -0.4 is 10.6 Å². The number of benzene rings is 4. The van der Waals surface area contributed by atoms with Crippen LogP contribution in [0.15, 0.2) is 77.7 Å². The molecule has 0 radical (unpaired) electrons. The number of para-hydroxylation sites is 1. The van der Waals surface area contributed by atoms with Crippen molar-refractivity contribution in [1.82, 2.24) is 0 Å². The average Bonchev–Trinajstić information content (AvgIpc) is 2.98. The predicted molar refractivity (Wildman–Crippen MR) is 172 cm³/mol. The molecule has 11 heteroatoms. The second kappa shape index (κ2) is 13.8. The van der Waals surface area contributed by atoms with Crippen LogP contribution in [0.2, 0.25) is 20.1 Å². The van der Waals surface area contributed by atoms with E-state index in [1.54, 1.807) is 24.3 Å². The van der Waals surface area contributed by atoms with Crippen LogP contribution in [-0.2, 0) is 11.2 Å². The lowest BCUT2D eigenvalue weighted by molar-refractivity contribution is -0.115. The van der Waals surface area contributed by atoms with Crippen LogP contribution in [0.4, 0.5) is 11.4 Å². The molecule has 216 valence electrons. The summed E-state index contributed by atoms with van der Waals surface area (Å²) in [5.41, 5.74) is 3.06. The first kappa shape index (κ1) is 31.7. The van der Waals surface area contributed by atoms with E-state index in [9.17, 15) is 19.5 Å². The molecule has 4 aromatic carbocycles. The summed E-state index contributed by atoms with van der Waals surface area (Å²) in [5.74, 6) is -2.48. The van der Waals surface area contributed by atoms with Gasteiger partial charge in [-0.05, 0) is 54.3 Å². The molecule has 3 N–H and O–H groups in total. The zero-order valence-corrected chi connectivity index (χ0v) is 26.1. The van der Waals surface area contributed by atoms with Crippen LogP contribution in [0.1, 0.15) is 49.6 Å². The van der Waals surface area contributed by atoms with Crippen molar-refractivity contribution in [1.29, 1.82) is 0 Å². The van der Waals surface area contributed by atoms with E-state index >= 15 is 0 Å². The van der Waals surface area contributed by atoms with Gasteiger partial charge in [0.25, 0.3) is 5.91 Å². The Morgan fingerprint density at radius 2 is 1.40 bits per heavy atom. The van der Waals surface area contributed by atoms with Crippen LogP contribution in [0, 0.1) is 6.92 Å². The van der Waals surface area contributed by atoms with Gasteiger partial charge in [0.1, 0.15) is 5.25 Å². The van der Waals surface area contributed by atoms with Gasteiger partial charge in [-0.15, -0.1) is 11.8 Å². The first-order valence-corrected chi connectivity index (χ1v) is 15.0. The molecule has 0 aliphatic rings. The molecule has 0 saturated carbocycles. The number of hydrogen-bond acceptors (Lipinski definition) is 4. The molecule has 2 amide bonds. The van der Waals surface area contributed by atoms with E-state index in [0.29, 0.717) is 5.69 Å². The fourth-order valence-corrected chi connectivity index (χ4v) is 6.33. The lowest BCUT2D eigenvalue weighted by atomic mass is 10.1. The van der Waals surface area contributed by atoms with E-state index in [2.05, 4.69) is 10.6 Å². The molecule has 0 fully saturated rings. The van der Waals surface area contributed by atoms with Gasteiger partial charge in [0, 0.05) is 16.3 Å². The highest BCUT2D eigenvalue weighted by atomic mass is 35.5. The molecule has 0 aliphatic heterocycles. The van der Waals surface area contributed by atoms with Crippen molar-refractivity contribution in [2.24, 2.45) is 0 Å². The minimum atomic E-state index is -1.49. The number of anilines is 2. The maximum Gasteiger partial charge on any atom is 0.338 e. The third kappa shape index (κ3) is 6.88. The minimum absolute atomic E-state index is 0.167. The zero-order valence-electron chi connectivity index (χ0n) is 22.3. The molecule has 0 saturated heterocycles. The number of hydrogen-bond donors (Lipinski definition) is 3. The van der Waals surface area contributed by atoms with E-state index in [4.69, 9.17) is 46.4 Å². The number of carboxylic acid groups (broad SMARTS) is 1. The number of aryl methyl sites for hydroxylation is 2. The van der Waals surface area contributed by atoms with Gasteiger partial charge in [-0.2, -0.15) is 0 Å². The summed E-state index contributed by atoms with van der Waals surface area (Å²) in [5, 5.41) is 13.6. The number of halogens is 4. The van der Waals surface area contributed by atoms with E-state index in [-0.39, 0.29) is 21.0 Å². The molecule has 0 heterocycles. The van der Waals surface area contributed by atoms with Gasteiger partial charge in [-0.25, -0.2) is 4.79 Å². The normalized spacial score (nSPS) is 11.6. The number of aromatic carboxylic acids is 1. The van der Waals surface area contributed by atoms with E-state index in [0.717, 1.165) is 33.7 Å². The van der Waals surface area contributed by atoms with Crippen molar-refractivity contribution >= 4 is 87.3 Å². The van der Waals surface area contributed by atoms with Gasteiger partial charge in [-0.3, -0.25) is 9.59 Å². The molecule has 1 unspecified atom stereocenters. The zero-order chi connectivity index (χ0) is 30.6. The van der Waals surface area contributed by atoms with Crippen molar-refractivity contribution in [3.05, 3.63) is 121 Å². The monoisotopic (exact) mass is 660 g/mol. The second-order valence-electron chi connectivity index (χ2n) is 9.15. The Labute approximate surface area is 267 Å². The molecule has 42 heavy (non-hydrogen) atoms. The van der Waals surface area contributed by atoms with Crippen LogP contribution in [0.3, 0.4) is 0 Å².